The number of carbonyl (C=O) groups is 1. The molecule has 1 aliphatic carbocycles. The molecule has 0 spiro atoms. The number of carbonyl (C=O) groups excluding carboxylic acids is 1. The first kappa shape index (κ1) is 13.1. The second-order valence-corrected chi connectivity index (χ2v) is 5.62. The maximum Gasteiger partial charge on any atom is 0.225 e. The second kappa shape index (κ2) is 5.25. The number of pyridine rings is 1. The van der Waals surface area contributed by atoms with E-state index in [1.165, 1.54) is 0 Å². The van der Waals surface area contributed by atoms with Gasteiger partial charge in [0, 0.05) is 17.4 Å². The SMILES string of the molecule is O=C(Cc1cccnc1)NC1(c2cccc(Cl)c2)CC1. The van der Waals surface area contributed by atoms with E-state index in [9.17, 15) is 4.79 Å². The summed E-state index contributed by atoms with van der Waals surface area (Å²) in [6, 6.07) is 11.5. The number of amides is 1. The van der Waals surface area contributed by atoms with Crippen molar-refractivity contribution in [3.8, 4) is 0 Å². The zero-order chi connectivity index (χ0) is 14.0. The van der Waals surface area contributed by atoms with E-state index in [2.05, 4.69) is 10.3 Å². The molecule has 1 aliphatic rings. The minimum atomic E-state index is -0.218. The van der Waals surface area contributed by atoms with Gasteiger partial charge >= 0.3 is 0 Å². The fourth-order valence-electron chi connectivity index (χ4n) is 2.40. The number of halogens is 1. The first-order valence-electron chi connectivity index (χ1n) is 6.64. The van der Waals surface area contributed by atoms with E-state index in [0.29, 0.717) is 11.4 Å². The molecule has 20 heavy (non-hydrogen) atoms. The van der Waals surface area contributed by atoms with Gasteiger partial charge in [0.1, 0.15) is 0 Å². The van der Waals surface area contributed by atoms with Crippen molar-refractivity contribution in [1.82, 2.24) is 10.3 Å². The fourth-order valence-corrected chi connectivity index (χ4v) is 2.59. The Morgan fingerprint density at radius 1 is 1.30 bits per heavy atom. The number of nitrogens with one attached hydrogen (secondary N) is 1. The van der Waals surface area contributed by atoms with Crippen LogP contribution >= 0.6 is 11.6 Å². The molecule has 102 valence electrons. The Hall–Kier alpha value is -1.87. The van der Waals surface area contributed by atoms with Crippen LogP contribution in [0.15, 0.2) is 48.8 Å². The molecular weight excluding hydrogens is 272 g/mol. The van der Waals surface area contributed by atoms with E-state index in [1.54, 1.807) is 12.4 Å². The van der Waals surface area contributed by atoms with E-state index in [1.807, 2.05) is 36.4 Å². The van der Waals surface area contributed by atoms with Crippen LogP contribution in [0.25, 0.3) is 0 Å². The summed E-state index contributed by atoms with van der Waals surface area (Å²) >= 11 is 6.02. The van der Waals surface area contributed by atoms with Crippen LogP contribution < -0.4 is 5.32 Å². The summed E-state index contributed by atoms with van der Waals surface area (Å²) in [5.74, 6) is 0.0236. The van der Waals surface area contributed by atoms with Crippen LogP contribution in [0.1, 0.15) is 24.0 Å². The summed E-state index contributed by atoms with van der Waals surface area (Å²) in [4.78, 5) is 16.2. The van der Waals surface area contributed by atoms with Gasteiger partial charge in [-0.2, -0.15) is 0 Å². The minimum absolute atomic E-state index is 0.0236. The van der Waals surface area contributed by atoms with Crippen LogP contribution in [0.5, 0.6) is 0 Å². The lowest BCUT2D eigenvalue weighted by molar-refractivity contribution is -0.121. The van der Waals surface area contributed by atoms with Gasteiger partial charge in [0.15, 0.2) is 0 Å². The lowest BCUT2D eigenvalue weighted by Crippen LogP contribution is -2.35. The Balaban J connectivity index is 1.70. The summed E-state index contributed by atoms with van der Waals surface area (Å²) in [6.45, 7) is 0. The monoisotopic (exact) mass is 286 g/mol. The zero-order valence-electron chi connectivity index (χ0n) is 11.0. The van der Waals surface area contributed by atoms with Crippen LogP contribution in [0.4, 0.5) is 0 Å². The Kier molecular flexibility index (Phi) is 3.45. The van der Waals surface area contributed by atoms with Gasteiger partial charge in [-0.25, -0.2) is 0 Å². The third-order valence-electron chi connectivity index (χ3n) is 3.59. The smallest absolute Gasteiger partial charge is 0.225 e. The highest BCUT2D eigenvalue weighted by molar-refractivity contribution is 6.30. The third-order valence-corrected chi connectivity index (χ3v) is 3.83. The predicted octanol–water partition coefficient (Wildman–Crippen LogP) is 3.08. The fraction of sp³-hybridized carbons (Fsp3) is 0.250. The molecule has 1 saturated carbocycles. The van der Waals surface area contributed by atoms with E-state index < -0.39 is 0 Å². The number of nitrogens with zero attached hydrogens (tertiary/aromatic N) is 1. The average Bonchev–Trinajstić information content (AvgIpc) is 3.20. The topological polar surface area (TPSA) is 42.0 Å². The molecule has 4 heteroatoms. The lowest BCUT2D eigenvalue weighted by atomic mass is 10.0. The quantitative estimate of drug-likeness (QED) is 0.938. The highest BCUT2D eigenvalue weighted by atomic mass is 35.5. The molecule has 0 aliphatic heterocycles. The molecular formula is C16H15ClN2O. The summed E-state index contributed by atoms with van der Waals surface area (Å²) in [5, 5.41) is 3.84. The second-order valence-electron chi connectivity index (χ2n) is 5.18. The predicted molar refractivity (Wildman–Crippen MR) is 78.4 cm³/mol. The number of benzene rings is 1. The van der Waals surface area contributed by atoms with E-state index >= 15 is 0 Å². The molecule has 1 aromatic carbocycles. The minimum Gasteiger partial charge on any atom is -0.346 e. The van der Waals surface area contributed by atoms with Gasteiger partial charge in [0.25, 0.3) is 0 Å². The molecule has 1 N–H and O–H groups in total. The Labute approximate surface area is 123 Å². The molecule has 0 unspecified atom stereocenters. The summed E-state index contributed by atoms with van der Waals surface area (Å²) < 4.78 is 0. The Bertz CT molecular complexity index is 623. The van der Waals surface area contributed by atoms with Crippen molar-refractivity contribution in [2.75, 3.05) is 0 Å². The maximum atomic E-state index is 12.2. The molecule has 0 bridgehead atoms. The first-order valence-corrected chi connectivity index (χ1v) is 7.02. The van der Waals surface area contributed by atoms with Gasteiger partial charge in [0.05, 0.1) is 12.0 Å². The Morgan fingerprint density at radius 2 is 2.15 bits per heavy atom. The molecule has 0 atom stereocenters. The number of hydrogen-bond acceptors (Lipinski definition) is 2. The van der Waals surface area contributed by atoms with Crippen LogP contribution in [0.2, 0.25) is 5.02 Å². The number of rotatable bonds is 4. The standard InChI is InChI=1S/C16H15ClN2O/c17-14-5-1-4-13(10-14)16(6-7-16)19-15(20)9-12-3-2-8-18-11-12/h1-5,8,10-11H,6-7,9H2,(H,19,20). The van der Waals surface area contributed by atoms with E-state index in [4.69, 9.17) is 11.6 Å². The van der Waals surface area contributed by atoms with E-state index in [0.717, 1.165) is 24.0 Å². The van der Waals surface area contributed by atoms with Crippen LogP contribution in [-0.2, 0) is 16.8 Å². The van der Waals surface area contributed by atoms with E-state index in [-0.39, 0.29) is 11.4 Å². The molecule has 1 heterocycles. The largest absolute Gasteiger partial charge is 0.346 e. The third kappa shape index (κ3) is 2.83. The first-order chi connectivity index (χ1) is 9.68. The van der Waals surface area contributed by atoms with Crippen LogP contribution in [0.3, 0.4) is 0 Å². The van der Waals surface area contributed by atoms with Gasteiger partial charge in [-0.3, -0.25) is 9.78 Å². The molecule has 2 aromatic rings. The molecule has 1 aromatic heterocycles. The molecule has 0 radical (unpaired) electrons. The highest BCUT2D eigenvalue weighted by Crippen LogP contribution is 2.46. The van der Waals surface area contributed by atoms with Crippen molar-refractivity contribution in [1.29, 1.82) is 0 Å². The summed E-state index contributed by atoms with van der Waals surface area (Å²) in [5.41, 5.74) is 1.79. The maximum absolute atomic E-state index is 12.2. The average molecular weight is 287 g/mol. The van der Waals surface area contributed by atoms with Crippen molar-refractivity contribution >= 4 is 17.5 Å². The van der Waals surface area contributed by atoms with Gasteiger partial charge in [-0.15, -0.1) is 0 Å². The van der Waals surface area contributed by atoms with Crippen molar-refractivity contribution in [2.24, 2.45) is 0 Å². The molecule has 3 nitrogen and oxygen atoms in total. The van der Waals surface area contributed by atoms with Crippen molar-refractivity contribution in [3.05, 3.63) is 64.9 Å². The molecule has 1 amide bonds. The number of hydrogen-bond donors (Lipinski definition) is 1. The summed E-state index contributed by atoms with van der Waals surface area (Å²) in [7, 11) is 0. The molecule has 3 rings (SSSR count). The van der Waals surface area contributed by atoms with Gasteiger partial charge in [0.2, 0.25) is 5.91 Å². The highest BCUT2D eigenvalue weighted by Gasteiger charge is 2.45. The normalized spacial score (nSPS) is 15.7. The summed E-state index contributed by atoms with van der Waals surface area (Å²) in [6.07, 6.45) is 5.71. The van der Waals surface area contributed by atoms with Gasteiger partial charge in [-0.1, -0.05) is 29.8 Å². The zero-order valence-corrected chi connectivity index (χ0v) is 11.7. The number of aromatic nitrogens is 1. The van der Waals surface area contributed by atoms with Crippen molar-refractivity contribution in [2.45, 2.75) is 24.8 Å². The molecule has 0 saturated heterocycles. The van der Waals surface area contributed by atoms with Crippen LogP contribution in [-0.4, -0.2) is 10.9 Å². The van der Waals surface area contributed by atoms with Gasteiger partial charge in [-0.05, 0) is 42.2 Å². The van der Waals surface area contributed by atoms with Gasteiger partial charge < -0.3 is 5.32 Å². The Morgan fingerprint density at radius 3 is 2.80 bits per heavy atom. The molecule has 1 fully saturated rings. The van der Waals surface area contributed by atoms with Crippen LogP contribution in [0, 0.1) is 0 Å². The van der Waals surface area contributed by atoms with Crippen molar-refractivity contribution in [3.63, 3.8) is 0 Å². The van der Waals surface area contributed by atoms with Crippen molar-refractivity contribution < 1.29 is 4.79 Å². The lowest BCUT2D eigenvalue weighted by Gasteiger charge is -2.18.